The van der Waals surface area contributed by atoms with E-state index in [-0.39, 0.29) is 0 Å². The molecule has 2 atom stereocenters. The molecule has 3 fully saturated rings. The molecule has 1 N–H and O–H groups in total. The molecule has 2 aliphatic heterocycles. The molecular weight excluding hydrogens is 136 g/mol. The van der Waals surface area contributed by atoms with Crippen LogP contribution in [-0.4, -0.2) is 36.6 Å². The van der Waals surface area contributed by atoms with Gasteiger partial charge in [-0.25, -0.2) is 0 Å². The molecule has 0 aromatic heterocycles. The average Bonchev–Trinajstić information content (AvgIpc) is 2.63. The van der Waals surface area contributed by atoms with E-state index in [0.29, 0.717) is 0 Å². The van der Waals surface area contributed by atoms with Gasteiger partial charge in [0.1, 0.15) is 0 Å². The summed E-state index contributed by atoms with van der Waals surface area (Å²) in [6, 6.07) is 1.91. The Morgan fingerprint density at radius 2 is 2.00 bits per heavy atom. The van der Waals surface area contributed by atoms with E-state index in [1.807, 2.05) is 0 Å². The number of hydrogen-bond acceptors (Lipinski definition) is 2. The second-order valence-corrected chi connectivity index (χ2v) is 4.24. The Bertz CT molecular complexity index is 165. The standard InChI is InChI=1S/C9H16N2/c1-2-8(1)11-4-3-7-5-10-6-9(7)11/h7-10H,1-6H2/t7-,9+/m1/s1. The van der Waals surface area contributed by atoms with Crippen LogP contribution in [0.5, 0.6) is 0 Å². The summed E-state index contributed by atoms with van der Waals surface area (Å²) in [6.45, 7) is 3.94. The lowest BCUT2D eigenvalue weighted by molar-refractivity contribution is 0.242. The van der Waals surface area contributed by atoms with Crippen LogP contribution in [0.1, 0.15) is 19.3 Å². The highest BCUT2D eigenvalue weighted by Crippen LogP contribution is 2.37. The van der Waals surface area contributed by atoms with Gasteiger partial charge in [-0.1, -0.05) is 0 Å². The molecule has 0 unspecified atom stereocenters. The normalized spacial score (nSPS) is 44.7. The van der Waals surface area contributed by atoms with E-state index in [2.05, 4.69) is 10.2 Å². The Kier molecular flexibility index (Phi) is 1.29. The Morgan fingerprint density at radius 3 is 2.82 bits per heavy atom. The SMILES string of the molecule is C1CC1N1CC[C@@H]2CNC[C@@H]21. The number of nitrogens with one attached hydrogen (secondary N) is 1. The van der Waals surface area contributed by atoms with Crippen LogP contribution in [0.4, 0.5) is 0 Å². The average molecular weight is 152 g/mol. The second-order valence-electron chi connectivity index (χ2n) is 4.24. The van der Waals surface area contributed by atoms with E-state index < -0.39 is 0 Å². The summed E-state index contributed by atoms with van der Waals surface area (Å²) >= 11 is 0. The number of hydrogen-bond donors (Lipinski definition) is 1. The van der Waals surface area contributed by atoms with Crippen molar-refractivity contribution in [3.8, 4) is 0 Å². The molecule has 0 radical (unpaired) electrons. The molecule has 2 saturated heterocycles. The molecule has 1 aliphatic carbocycles. The van der Waals surface area contributed by atoms with E-state index in [9.17, 15) is 0 Å². The molecule has 2 nitrogen and oxygen atoms in total. The van der Waals surface area contributed by atoms with Crippen molar-refractivity contribution < 1.29 is 0 Å². The summed E-state index contributed by atoms with van der Waals surface area (Å²) in [5.41, 5.74) is 0. The fraction of sp³-hybridized carbons (Fsp3) is 1.00. The first-order valence-corrected chi connectivity index (χ1v) is 4.91. The van der Waals surface area contributed by atoms with Gasteiger partial charge >= 0.3 is 0 Å². The van der Waals surface area contributed by atoms with Gasteiger partial charge < -0.3 is 5.32 Å². The highest BCUT2D eigenvalue weighted by atomic mass is 15.3. The number of likely N-dealkylation sites (tertiary alicyclic amines) is 1. The van der Waals surface area contributed by atoms with Gasteiger partial charge in [-0.2, -0.15) is 0 Å². The van der Waals surface area contributed by atoms with Crippen LogP contribution in [0.25, 0.3) is 0 Å². The third kappa shape index (κ3) is 0.926. The maximum absolute atomic E-state index is 3.50. The Balaban J connectivity index is 1.75. The fourth-order valence-corrected chi connectivity index (χ4v) is 2.74. The summed E-state index contributed by atoms with van der Waals surface area (Å²) in [5, 5.41) is 3.50. The zero-order valence-corrected chi connectivity index (χ0v) is 6.92. The third-order valence-corrected chi connectivity index (χ3v) is 3.50. The van der Waals surface area contributed by atoms with Crippen LogP contribution in [0.15, 0.2) is 0 Å². The molecule has 3 aliphatic rings. The first kappa shape index (κ1) is 6.44. The van der Waals surface area contributed by atoms with Gasteiger partial charge in [0, 0.05) is 18.6 Å². The molecule has 0 aromatic carbocycles. The van der Waals surface area contributed by atoms with Crippen molar-refractivity contribution in [1.29, 1.82) is 0 Å². The maximum Gasteiger partial charge on any atom is 0.0264 e. The zero-order chi connectivity index (χ0) is 7.26. The molecule has 1 saturated carbocycles. The van der Waals surface area contributed by atoms with Crippen molar-refractivity contribution in [3.05, 3.63) is 0 Å². The summed E-state index contributed by atoms with van der Waals surface area (Å²) in [7, 11) is 0. The summed E-state index contributed by atoms with van der Waals surface area (Å²) in [5.74, 6) is 0.996. The minimum atomic E-state index is 0.919. The number of fused-ring (bicyclic) bond motifs is 1. The van der Waals surface area contributed by atoms with Crippen molar-refractivity contribution in [2.24, 2.45) is 5.92 Å². The largest absolute Gasteiger partial charge is 0.315 e. The Labute approximate surface area is 68.0 Å². The topological polar surface area (TPSA) is 15.3 Å². The molecule has 0 spiro atoms. The molecule has 0 aromatic rings. The molecule has 2 heterocycles. The molecule has 62 valence electrons. The van der Waals surface area contributed by atoms with E-state index in [0.717, 1.165) is 18.0 Å². The molecule has 11 heavy (non-hydrogen) atoms. The molecule has 2 heteroatoms. The smallest absolute Gasteiger partial charge is 0.0264 e. The summed E-state index contributed by atoms with van der Waals surface area (Å²) < 4.78 is 0. The van der Waals surface area contributed by atoms with Crippen molar-refractivity contribution >= 4 is 0 Å². The summed E-state index contributed by atoms with van der Waals surface area (Å²) in [4.78, 5) is 2.75. The van der Waals surface area contributed by atoms with Crippen LogP contribution in [0.3, 0.4) is 0 Å². The predicted octanol–water partition coefficient (Wildman–Crippen LogP) is 0.442. The van der Waals surface area contributed by atoms with Crippen LogP contribution >= 0.6 is 0 Å². The fourth-order valence-electron chi connectivity index (χ4n) is 2.74. The van der Waals surface area contributed by atoms with Gasteiger partial charge in [-0.3, -0.25) is 4.90 Å². The van der Waals surface area contributed by atoms with Crippen LogP contribution in [-0.2, 0) is 0 Å². The van der Waals surface area contributed by atoms with Crippen molar-refractivity contribution in [1.82, 2.24) is 10.2 Å². The van der Waals surface area contributed by atoms with E-state index in [1.54, 1.807) is 0 Å². The van der Waals surface area contributed by atoms with Crippen molar-refractivity contribution in [2.45, 2.75) is 31.3 Å². The first-order valence-electron chi connectivity index (χ1n) is 4.91. The third-order valence-electron chi connectivity index (χ3n) is 3.50. The number of rotatable bonds is 1. The molecular formula is C9H16N2. The lowest BCUT2D eigenvalue weighted by Crippen LogP contribution is -2.35. The van der Waals surface area contributed by atoms with E-state index >= 15 is 0 Å². The van der Waals surface area contributed by atoms with Crippen LogP contribution in [0, 0.1) is 5.92 Å². The van der Waals surface area contributed by atoms with Gasteiger partial charge in [0.15, 0.2) is 0 Å². The molecule has 3 rings (SSSR count). The minimum Gasteiger partial charge on any atom is -0.315 e. The second kappa shape index (κ2) is 2.20. The predicted molar refractivity (Wildman–Crippen MR) is 44.5 cm³/mol. The van der Waals surface area contributed by atoms with Crippen molar-refractivity contribution in [2.75, 3.05) is 19.6 Å². The lowest BCUT2D eigenvalue weighted by Gasteiger charge is -2.22. The number of nitrogens with zero attached hydrogens (tertiary/aromatic N) is 1. The van der Waals surface area contributed by atoms with Gasteiger partial charge in [0.25, 0.3) is 0 Å². The first-order chi connectivity index (χ1) is 5.45. The quantitative estimate of drug-likeness (QED) is 0.586. The zero-order valence-electron chi connectivity index (χ0n) is 6.92. The van der Waals surface area contributed by atoms with E-state index in [1.165, 1.54) is 38.9 Å². The highest BCUT2D eigenvalue weighted by molar-refractivity contribution is 5.00. The highest BCUT2D eigenvalue weighted by Gasteiger charge is 2.43. The maximum atomic E-state index is 3.50. The summed E-state index contributed by atoms with van der Waals surface area (Å²) in [6.07, 6.45) is 4.40. The Hall–Kier alpha value is -0.0800. The molecule has 0 amide bonds. The van der Waals surface area contributed by atoms with Crippen LogP contribution < -0.4 is 5.32 Å². The Morgan fingerprint density at radius 1 is 1.09 bits per heavy atom. The van der Waals surface area contributed by atoms with E-state index in [4.69, 9.17) is 0 Å². The van der Waals surface area contributed by atoms with Gasteiger partial charge in [0.05, 0.1) is 0 Å². The van der Waals surface area contributed by atoms with Crippen molar-refractivity contribution in [3.63, 3.8) is 0 Å². The monoisotopic (exact) mass is 152 g/mol. The van der Waals surface area contributed by atoms with Gasteiger partial charge in [-0.15, -0.1) is 0 Å². The lowest BCUT2D eigenvalue weighted by atomic mass is 10.1. The van der Waals surface area contributed by atoms with Crippen LogP contribution in [0.2, 0.25) is 0 Å². The van der Waals surface area contributed by atoms with Gasteiger partial charge in [0.2, 0.25) is 0 Å². The van der Waals surface area contributed by atoms with Gasteiger partial charge in [-0.05, 0) is 38.3 Å². The minimum absolute atomic E-state index is 0.919. The molecule has 0 bridgehead atoms.